The Morgan fingerprint density at radius 1 is 1.65 bits per heavy atom. The molecule has 1 saturated heterocycles. The lowest BCUT2D eigenvalue weighted by Gasteiger charge is -2.16. The van der Waals surface area contributed by atoms with Crippen molar-refractivity contribution in [1.29, 1.82) is 0 Å². The van der Waals surface area contributed by atoms with Crippen LogP contribution in [0.3, 0.4) is 0 Å². The van der Waals surface area contributed by atoms with Crippen molar-refractivity contribution < 1.29 is 13.9 Å². The zero-order valence-electron chi connectivity index (χ0n) is 9.74. The maximum atomic E-state index is 11.8. The molecule has 17 heavy (non-hydrogen) atoms. The predicted octanol–water partition coefficient (Wildman–Crippen LogP) is 2.48. The summed E-state index contributed by atoms with van der Waals surface area (Å²) in [6, 6.07) is 1.57. The lowest BCUT2D eigenvalue weighted by Crippen LogP contribution is -2.32. The molecular formula is C12H16ClNO3. The second-order valence-electron chi connectivity index (χ2n) is 4.18. The van der Waals surface area contributed by atoms with Gasteiger partial charge in [0.15, 0.2) is 0 Å². The summed E-state index contributed by atoms with van der Waals surface area (Å²) in [5.41, 5.74) is 0.388. The fourth-order valence-electron chi connectivity index (χ4n) is 2.15. The highest BCUT2D eigenvalue weighted by Crippen LogP contribution is 2.23. The Hall–Kier alpha value is -1.00. The quantitative estimate of drug-likeness (QED) is 0.902. The minimum absolute atomic E-state index is 0.136. The molecule has 94 valence electrons. The average Bonchev–Trinajstić information content (AvgIpc) is 2.94. The van der Waals surface area contributed by atoms with Crippen LogP contribution in [0.4, 0.5) is 0 Å². The van der Waals surface area contributed by atoms with E-state index in [1.807, 2.05) is 0 Å². The van der Waals surface area contributed by atoms with Gasteiger partial charge in [0.25, 0.3) is 5.91 Å². The molecule has 1 aliphatic rings. The van der Waals surface area contributed by atoms with Crippen LogP contribution in [-0.2, 0) is 4.74 Å². The molecular weight excluding hydrogens is 242 g/mol. The highest BCUT2D eigenvalue weighted by Gasteiger charge is 2.27. The first-order valence-electron chi connectivity index (χ1n) is 5.85. The molecule has 1 N–H and O–H groups in total. The van der Waals surface area contributed by atoms with Gasteiger partial charge in [-0.15, -0.1) is 0 Å². The lowest BCUT2D eigenvalue weighted by molar-refractivity contribution is 0.0826. The molecule has 1 amide bonds. The Bertz CT molecular complexity index is 391. The number of carbonyl (C=O) groups excluding carboxylic acids is 1. The molecule has 0 aliphatic carbocycles. The first kappa shape index (κ1) is 12.5. The van der Waals surface area contributed by atoms with E-state index in [-0.39, 0.29) is 17.2 Å². The third-order valence-electron chi connectivity index (χ3n) is 3.14. The molecule has 4 nitrogen and oxygen atoms in total. The number of nitrogens with one attached hydrogen (secondary N) is 1. The van der Waals surface area contributed by atoms with Gasteiger partial charge in [0.2, 0.25) is 5.22 Å². The molecule has 1 aliphatic heterocycles. The number of amides is 1. The Balaban J connectivity index is 1.86. The van der Waals surface area contributed by atoms with Gasteiger partial charge in [-0.2, -0.15) is 0 Å². The van der Waals surface area contributed by atoms with E-state index in [0.29, 0.717) is 18.0 Å². The Morgan fingerprint density at radius 3 is 3.12 bits per heavy atom. The summed E-state index contributed by atoms with van der Waals surface area (Å²) in [4.78, 5) is 11.8. The third kappa shape index (κ3) is 2.82. The summed E-state index contributed by atoms with van der Waals surface area (Å²) in [6.45, 7) is 3.50. The molecule has 2 rings (SSSR count). The Morgan fingerprint density at radius 2 is 2.47 bits per heavy atom. The van der Waals surface area contributed by atoms with Crippen LogP contribution >= 0.6 is 11.6 Å². The molecule has 0 bridgehead atoms. The highest BCUT2D eigenvalue weighted by atomic mass is 35.5. The molecule has 2 heterocycles. The molecule has 2 unspecified atom stereocenters. The molecule has 0 spiro atoms. The van der Waals surface area contributed by atoms with E-state index in [1.54, 1.807) is 6.07 Å². The zero-order chi connectivity index (χ0) is 12.3. The minimum atomic E-state index is -0.189. The van der Waals surface area contributed by atoms with Gasteiger partial charge in [-0.3, -0.25) is 4.79 Å². The first-order chi connectivity index (χ1) is 8.22. The molecule has 1 fully saturated rings. The maximum absolute atomic E-state index is 11.8. The van der Waals surface area contributed by atoms with E-state index in [2.05, 4.69) is 12.2 Å². The predicted molar refractivity (Wildman–Crippen MR) is 64.2 cm³/mol. The summed E-state index contributed by atoms with van der Waals surface area (Å²) < 4.78 is 10.4. The largest absolute Gasteiger partial charge is 0.452 e. The number of rotatable bonds is 4. The van der Waals surface area contributed by atoms with Gasteiger partial charge in [-0.05, 0) is 30.5 Å². The maximum Gasteiger partial charge on any atom is 0.256 e. The number of halogens is 1. The lowest BCUT2D eigenvalue weighted by atomic mass is 9.99. The average molecular weight is 258 g/mol. The van der Waals surface area contributed by atoms with Crippen LogP contribution in [0.25, 0.3) is 0 Å². The molecule has 0 radical (unpaired) electrons. The van der Waals surface area contributed by atoms with Crippen LogP contribution in [0, 0.1) is 5.92 Å². The van der Waals surface area contributed by atoms with Crippen molar-refractivity contribution in [2.45, 2.75) is 25.9 Å². The van der Waals surface area contributed by atoms with Crippen molar-refractivity contribution in [3.8, 4) is 0 Å². The van der Waals surface area contributed by atoms with E-state index < -0.39 is 0 Å². The minimum Gasteiger partial charge on any atom is -0.452 e. The van der Waals surface area contributed by atoms with Gasteiger partial charge >= 0.3 is 0 Å². The van der Waals surface area contributed by atoms with E-state index in [4.69, 9.17) is 20.8 Å². The van der Waals surface area contributed by atoms with E-state index >= 15 is 0 Å². The number of ether oxygens (including phenoxy) is 1. The fourth-order valence-corrected chi connectivity index (χ4v) is 2.35. The zero-order valence-corrected chi connectivity index (χ0v) is 10.5. The first-order valence-corrected chi connectivity index (χ1v) is 6.23. The number of carbonyl (C=O) groups is 1. The van der Waals surface area contributed by atoms with Crippen LogP contribution in [0.5, 0.6) is 0 Å². The number of hydrogen-bond acceptors (Lipinski definition) is 3. The number of furan rings is 1. The summed E-state index contributed by atoms with van der Waals surface area (Å²) in [7, 11) is 0. The monoisotopic (exact) mass is 257 g/mol. The van der Waals surface area contributed by atoms with Crippen molar-refractivity contribution in [1.82, 2.24) is 5.32 Å². The van der Waals surface area contributed by atoms with Gasteiger partial charge in [-0.1, -0.05) is 6.92 Å². The van der Waals surface area contributed by atoms with E-state index in [1.165, 1.54) is 6.26 Å². The van der Waals surface area contributed by atoms with Gasteiger partial charge in [-0.25, -0.2) is 0 Å². The third-order valence-corrected chi connectivity index (χ3v) is 3.43. The van der Waals surface area contributed by atoms with Gasteiger partial charge in [0.05, 0.1) is 17.9 Å². The molecule has 1 aromatic heterocycles. The van der Waals surface area contributed by atoms with Crippen molar-refractivity contribution in [2.75, 3.05) is 13.2 Å². The summed E-state index contributed by atoms with van der Waals surface area (Å²) in [5.74, 6) is 0.208. The normalized spacial score (nSPS) is 23.9. The molecule has 1 aromatic rings. The SMILES string of the molecule is CCC1OCCC1CNC(=O)c1ccoc1Cl. The Labute approximate surface area is 105 Å². The van der Waals surface area contributed by atoms with Crippen molar-refractivity contribution >= 4 is 17.5 Å². The van der Waals surface area contributed by atoms with Crippen LogP contribution in [-0.4, -0.2) is 25.2 Å². The Kier molecular flexibility index (Phi) is 4.07. The van der Waals surface area contributed by atoms with Crippen molar-refractivity contribution in [2.24, 2.45) is 5.92 Å². The number of hydrogen-bond donors (Lipinski definition) is 1. The molecule has 2 atom stereocenters. The van der Waals surface area contributed by atoms with Gasteiger partial charge in [0.1, 0.15) is 0 Å². The topological polar surface area (TPSA) is 51.5 Å². The van der Waals surface area contributed by atoms with Crippen molar-refractivity contribution in [3.05, 3.63) is 23.1 Å². The van der Waals surface area contributed by atoms with Crippen LogP contribution in [0.15, 0.2) is 16.7 Å². The smallest absolute Gasteiger partial charge is 0.256 e. The van der Waals surface area contributed by atoms with Crippen LogP contribution < -0.4 is 5.32 Å². The fraction of sp³-hybridized carbons (Fsp3) is 0.583. The van der Waals surface area contributed by atoms with E-state index in [0.717, 1.165) is 19.4 Å². The molecule has 0 saturated carbocycles. The second-order valence-corrected chi connectivity index (χ2v) is 4.53. The van der Waals surface area contributed by atoms with Gasteiger partial charge in [0, 0.05) is 19.1 Å². The highest BCUT2D eigenvalue weighted by molar-refractivity contribution is 6.32. The standard InChI is InChI=1S/C12H16ClNO3/c1-2-10-8(3-5-16-10)7-14-12(15)9-4-6-17-11(9)13/h4,6,8,10H,2-3,5,7H2,1H3,(H,14,15). The summed E-state index contributed by atoms with van der Waals surface area (Å²) in [5, 5.41) is 3.01. The summed E-state index contributed by atoms with van der Waals surface area (Å²) >= 11 is 5.73. The van der Waals surface area contributed by atoms with Crippen LogP contribution in [0.1, 0.15) is 30.1 Å². The molecule has 0 aromatic carbocycles. The van der Waals surface area contributed by atoms with E-state index in [9.17, 15) is 4.79 Å². The second kappa shape index (κ2) is 5.56. The van der Waals surface area contributed by atoms with Gasteiger partial charge < -0.3 is 14.5 Å². The molecule has 5 heteroatoms. The van der Waals surface area contributed by atoms with Crippen LogP contribution in [0.2, 0.25) is 5.22 Å². The summed E-state index contributed by atoms with van der Waals surface area (Å²) in [6.07, 6.45) is 3.64. The van der Waals surface area contributed by atoms with Crippen molar-refractivity contribution in [3.63, 3.8) is 0 Å².